The predicted octanol–water partition coefficient (Wildman–Crippen LogP) is 1.26. The van der Waals surface area contributed by atoms with Gasteiger partial charge in [-0.3, -0.25) is 4.79 Å². The molecule has 1 unspecified atom stereocenters. The summed E-state index contributed by atoms with van der Waals surface area (Å²) in [5.74, 6) is -0.672. The van der Waals surface area contributed by atoms with Gasteiger partial charge < -0.3 is 15.9 Å². The summed E-state index contributed by atoms with van der Waals surface area (Å²) in [6, 6.07) is 5.89. The van der Waals surface area contributed by atoms with Crippen LogP contribution in [0.15, 0.2) is 24.3 Å². The quantitative estimate of drug-likeness (QED) is 0.696. The van der Waals surface area contributed by atoms with Crippen molar-refractivity contribution in [2.75, 3.05) is 0 Å². The van der Waals surface area contributed by atoms with E-state index in [9.17, 15) is 4.79 Å². The van der Waals surface area contributed by atoms with E-state index < -0.39 is 17.4 Å². The molecule has 4 N–H and O–H groups in total. The number of rotatable bonds is 3. The normalized spacial score (nSPS) is 19.5. The summed E-state index contributed by atoms with van der Waals surface area (Å²) < 4.78 is 0. The Bertz CT molecular complexity index is 381. The molecule has 1 aromatic carbocycles. The van der Waals surface area contributed by atoms with Crippen LogP contribution in [0.2, 0.25) is 0 Å². The summed E-state index contributed by atoms with van der Waals surface area (Å²) in [6.07, 6.45) is 1.26. The molecule has 0 saturated heterocycles. The minimum Gasteiger partial charge on any atom is -0.508 e. The number of carboxylic acids is 1. The van der Waals surface area contributed by atoms with Crippen LogP contribution in [0.1, 0.15) is 24.4 Å². The van der Waals surface area contributed by atoms with E-state index in [0.717, 1.165) is 5.56 Å². The maximum absolute atomic E-state index is 11.0. The lowest BCUT2D eigenvalue weighted by Gasteiger charge is -2.19. The SMILES string of the molecule is NC(c1ccc(O)cc1)C1(C(=O)O)CC1. The molecule has 4 heteroatoms. The first-order valence-corrected chi connectivity index (χ1v) is 4.84. The van der Waals surface area contributed by atoms with E-state index in [4.69, 9.17) is 15.9 Å². The molecule has 0 heterocycles. The molecule has 0 aromatic heterocycles. The zero-order valence-corrected chi connectivity index (χ0v) is 8.18. The molecule has 1 saturated carbocycles. The van der Waals surface area contributed by atoms with Crippen LogP contribution < -0.4 is 5.73 Å². The number of phenols is 1. The van der Waals surface area contributed by atoms with Gasteiger partial charge in [-0.15, -0.1) is 0 Å². The molecular formula is C11H13NO3. The summed E-state index contributed by atoms with van der Waals surface area (Å²) in [5.41, 5.74) is 5.90. The van der Waals surface area contributed by atoms with E-state index in [2.05, 4.69) is 0 Å². The third-order valence-corrected chi connectivity index (χ3v) is 3.06. The highest BCUT2D eigenvalue weighted by atomic mass is 16.4. The second-order valence-electron chi connectivity index (χ2n) is 4.03. The highest BCUT2D eigenvalue weighted by molar-refractivity contribution is 5.79. The van der Waals surface area contributed by atoms with Gasteiger partial charge >= 0.3 is 5.97 Å². The van der Waals surface area contributed by atoms with Gasteiger partial charge in [-0.25, -0.2) is 0 Å². The van der Waals surface area contributed by atoms with E-state index >= 15 is 0 Å². The number of carboxylic acid groups (broad SMARTS) is 1. The molecule has 0 bridgehead atoms. The maximum Gasteiger partial charge on any atom is 0.311 e. The van der Waals surface area contributed by atoms with Crippen molar-refractivity contribution in [2.45, 2.75) is 18.9 Å². The van der Waals surface area contributed by atoms with Crippen LogP contribution in [0.25, 0.3) is 0 Å². The lowest BCUT2D eigenvalue weighted by molar-refractivity contribution is -0.144. The number of nitrogens with two attached hydrogens (primary N) is 1. The minimum atomic E-state index is -0.830. The number of carbonyl (C=O) groups is 1. The molecule has 1 aliphatic carbocycles. The van der Waals surface area contributed by atoms with E-state index in [-0.39, 0.29) is 5.75 Å². The highest BCUT2D eigenvalue weighted by Crippen LogP contribution is 2.54. The van der Waals surface area contributed by atoms with Gasteiger partial charge in [-0.05, 0) is 30.5 Å². The molecular weight excluding hydrogens is 194 g/mol. The molecule has 4 nitrogen and oxygen atoms in total. The zero-order valence-electron chi connectivity index (χ0n) is 8.18. The third-order valence-electron chi connectivity index (χ3n) is 3.06. The highest BCUT2D eigenvalue weighted by Gasteiger charge is 2.55. The van der Waals surface area contributed by atoms with Crippen LogP contribution in [-0.2, 0) is 4.79 Å². The molecule has 0 aliphatic heterocycles. The Hall–Kier alpha value is -1.55. The fourth-order valence-corrected chi connectivity index (χ4v) is 1.79. The van der Waals surface area contributed by atoms with Gasteiger partial charge in [0.15, 0.2) is 0 Å². The smallest absolute Gasteiger partial charge is 0.311 e. The summed E-state index contributed by atoms with van der Waals surface area (Å²) >= 11 is 0. The van der Waals surface area contributed by atoms with Crippen molar-refractivity contribution in [2.24, 2.45) is 11.1 Å². The van der Waals surface area contributed by atoms with Crippen molar-refractivity contribution < 1.29 is 15.0 Å². The number of benzene rings is 1. The van der Waals surface area contributed by atoms with Gasteiger partial charge in [0.2, 0.25) is 0 Å². The molecule has 2 rings (SSSR count). The first-order valence-electron chi connectivity index (χ1n) is 4.84. The Labute approximate surface area is 87.3 Å². The molecule has 1 atom stereocenters. The lowest BCUT2D eigenvalue weighted by atomic mass is 9.91. The van der Waals surface area contributed by atoms with E-state index in [0.29, 0.717) is 12.8 Å². The van der Waals surface area contributed by atoms with Crippen molar-refractivity contribution in [1.29, 1.82) is 0 Å². The van der Waals surface area contributed by atoms with E-state index in [1.54, 1.807) is 12.1 Å². The predicted molar refractivity (Wildman–Crippen MR) is 54.3 cm³/mol. The van der Waals surface area contributed by atoms with Gasteiger partial charge in [0, 0.05) is 6.04 Å². The monoisotopic (exact) mass is 207 g/mol. The number of phenolic OH excluding ortho intramolecular Hbond substituents is 1. The van der Waals surface area contributed by atoms with Gasteiger partial charge in [-0.1, -0.05) is 12.1 Å². The maximum atomic E-state index is 11.0. The van der Waals surface area contributed by atoms with Crippen LogP contribution in [0.5, 0.6) is 5.75 Å². The van der Waals surface area contributed by atoms with Crippen molar-refractivity contribution >= 4 is 5.97 Å². The Kier molecular flexibility index (Phi) is 2.16. The van der Waals surface area contributed by atoms with E-state index in [1.807, 2.05) is 0 Å². The van der Waals surface area contributed by atoms with E-state index in [1.165, 1.54) is 12.1 Å². The van der Waals surface area contributed by atoms with Crippen molar-refractivity contribution in [3.05, 3.63) is 29.8 Å². The molecule has 1 aromatic rings. The fraction of sp³-hybridized carbons (Fsp3) is 0.364. The van der Waals surface area contributed by atoms with Crippen LogP contribution in [-0.4, -0.2) is 16.2 Å². The zero-order chi connectivity index (χ0) is 11.1. The first-order chi connectivity index (χ1) is 7.06. The Morgan fingerprint density at radius 2 is 1.87 bits per heavy atom. The van der Waals surface area contributed by atoms with Crippen molar-refractivity contribution in [1.82, 2.24) is 0 Å². The number of hydrogen-bond acceptors (Lipinski definition) is 3. The summed E-state index contributed by atoms with van der Waals surface area (Å²) in [5, 5.41) is 18.2. The molecule has 0 spiro atoms. The summed E-state index contributed by atoms with van der Waals surface area (Å²) in [4.78, 5) is 11.0. The molecule has 1 fully saturated rings. The standard InChI is InChI=1S/C11H13NO3/c12-9(11(5-6-11)10(14)15)7-1-3-8(13)4-2-7/h1-4,9,13H,5-6,12H2,(H,14,15). The van der Waals surface area contributed by atoms with Crippen LogP contribution in [0.4, 0.5) is 0 Å². The van der Waals surface area contributed by atoms with Gasteiger partial charge in [-0.2, -0.15) is 0 Å². The molecule has 15 heavy (non-hydrogen) atoms. The topological polar surface area (TPSA) is 83.5 Å². The Morgan fingerprint density at radius 3 is 2.27 bits per heavy atom. The Morgan fingerprint density at radius 1 is 1.33 bits per heavy atom. The first kappa shape index (κ1) is 9.98. The second kappa shape index (κ2) is 3.24. The minimum absolute atomic E-state index is 0.158. The van der Waals surface area contributed by atoms with Crippen LogP contribution in [0, 0.1) is 5.41 Å². The van der Waals surface area contributed by atoms with Crippen LogP contribution >= 0.6 is 0 Å². The van der Waals surface area contributed by atoms with Crippen molar-refractivity contribution in [3.8, 4) is 5.75 Å². The molecule has 0 amide bonds. The second-order valence-corrected chi connectivity index (χ2v) is 4.03. The number of aromatic hydroxyl groups is 1. The molecule has 80 valence electrons. The number of hydrogen-bond donors (Lipinski definition) is 3. The average Bonchev–Trinajstić information content (AvgIpc) is 2.98. The van der Waals surface area contributed by atoms with Crippen LogP contribution in [0.3, 0.4) is 0 Å². The third kappa shape index (κ3) is 1.57. The van der Waals surface area contributed by atoms with Gasteiger partial charge in [0.25, 0.3) is 0 Å². The molecule has 0 radical (unpaired) electrons. The molecule has 1 aliphatic rings. The largest absolute Gasteiger partial charge is 0.508 e. The van der Waals surface area contributed by atoms with Crippen molar-refractivity contribution in [3.63, 3.8) is 0 Å². The summed E-state index contributed by atoms with van der Waals surface area (Å²) in [7, 11) is 0. The fourth-order valence-electron chi connectivity index (χ4n) is 1.79. The van der Waals surface area contributed by atoms with Gasteiger partial charge in [0.1, 0.15) is 5.75 Å². The summed E-state index contributed by atoms with van der Waals surface area (Å²) in [6.45, 7) is 0. The average molecular weight is 207 g/mol. The lowest BCUT2D eigenvalue weighted by Crippen LogP contribution is -2.29. The number of aliphatic carboxylic acids is 1. The van der Waals surface area contributed by atoms with Gasteiger partial charge in [0.05, 0.1) is 5.41 Å². The Balaban J connectivity index is 2.25.